The van der Waals surface area contributed by atoms with Crippen LogP contribution < -0.4 is 10.2 Å². The van der Waals surface area contributed by atoms with E-state index in [0.717, 1.165) is 23.9 Å². The van der Waals surface area contributed by atoms with Gasteiger partial charge in [0.05, 0.1) is 35.3 Å². The smallest absolute Gasteiger partial charge is 0.293 e. The van der Waals surface area contributed by atoms with Gasteiger partial charge in [0.2, 0.25) is 0 Å². The third-order valence-corrected chi connectivity index (χ3v) is 4.91. The predicted molar refractivity (Wildman–Crippen MR) is 117 cm³/mol. The minimum absolute atomic E-state index is 0.00122. The zero-order valence-electron chi connectivity index (χ0n) is 16.0. The van der Waals surface area contributed by atoms with Gasteiger partial charge in [0, 0.05) is 22.8 Å². The highest BCUT2D eigenvalue weighted by molar-refractivity contribution is 9.10. The van der Waals surface area contributed by atoms with E-state index in [9.17, 15) is 20.0 Å². The van der Waals surface area contributed by atoms with Gasteiger partial charge >= 0.3 is 0 Å². The van der Waals surface area contributed by atoms with Gasteiger partial charge in [-0.25, -0.2) is 5.43 Å². The molecule has 0 spiro atoms. The molecule has 0 bridgehead atoms. The van der Waals surface area contributed by atoms with Crippen molar-refractivity contribution in [2.75, 3.05) is 7.11 Å². The molecule has 0 radical (unpaired) electrons. The van der Waals surface area contributed by atoms with Crippen molar-refractivity contribution >= 4 is 45.3 Å². The van der Waals surface area contributed by atoms with Crippen LogP contribution in [0.2, 0.25) is 5.02 Å². The van der Waals surface area contributed by atoms with Gasteiger partial charge in [-0.1, -0.05) is 23.7 Å². The van der Waals surface area contributed by atoms with Crippen LogP contribution in [-0.4, -0.2) is 39.0 Å². The number of hydrazone groups is 1. The van der Waals surface area contributed by atoms with E-state index >= 15 is 0 Å². The Balaban J connectivity index is 1.73. The van der Waals surface area contributed by atoms with Crippen LogP contribution in [0.4, 0.5) is 5.69 Å². The van der Waals surface area contributed by atoms with E-state index in [1.165, 1.54) is 7.11 Å². The molecule has 0 aliphatic carbocycles. The van der Waals surface area contributed by atoms with E-state index in [2.05, 4.69) is 31.6 Å². The molecule has 31 heavy (non-hydrogen) atoms. The molecule has 2 aromatic carbocycles. The largest absolute Gasteiger partial charge is 0.504 e. The lowest BCUT2D eigenvalue weighted by molar-refractivity contribution is -0.385. The number of nitro benzene ring substituents is 1. The summed E-state index contributed by atoms with van der Waals surface area (Å²) in [4.78, 5) is 22.8. The number of hydrogen-bond donors (Lipinski definition) is 2. The minimum Gasteiger partial charge on any atom is -0.504 e. The van der Waals surface area contributed by atoms with Crippen molar-refractivity contribution < 1.29 is 19.6 Å². The number of non-ortho nitro benzene ring substituents is 1. The first-order chi connectivity index (χ1) is 14.8. The number of rotatable bonds is 7. The average molecular weight is 509 g/mol. The fourth-order valence-corrected chi connectivity index (χ4v) is 3.22. The molecule has 0 atom stereocenters. The quantitative estimate of drug-likeness (QED) is 0.284. The van der Waals surface area contributed by atoms with Crippen molar-refractivity contribution in [3.05, 3.63) is 79.0 Å². The summed E-state index contributed by atoms with van der Waals surface area (Å²) >= 11 is 9.16. The van der Waals surface area contributed by atoms with Crippen LogP contribution in [0.3, 0.4) is 0 Å². The summed E-state index contributed by atoms with van der Waals surface area (Å²) < 4.78 is 6.94. The Hall–Kier alpha value is -3.44. The van der Waals surface area contributed by atoms with E-state index in [-0.39, 0.29) is 28.4 Å². The van der Waals surface area contributed by atoms with Crippen molar-refractivity contribution in [2.24, 2.45) is 5.10 Å². The lowest BCUT2D eigenvalue weighted by Crippen LogP contribution is -2.19. The van der Waals surface area contributed by atoms with Crippen LogP contribution in [0.15, 0.2) is 52.2 Å². The third-order valence-electron chi connectivity index (χ3n) is 4.08. The van der Waals surface area contributed by atoms with Gasteiger partial charge in [-0.15, -0.1) is 0 Å². The van der Waals surface area contributed by atoms with Crippen molar-refractivity contribution in [3.8, 4) is 11.5 Å². The first-order valence-electron chi connectivity index (χ1n) is 8.64. The zero-order chi connectivity index (χ0) is 22.5. The Morgan fingerprint density at radius 3 is 2.77 bits per heavy atom. The topological polar surface area (TPSA) is 132 Å². The zero-order valence-corrected chi connectivity index (χ0v) is 18.3. The van der Waals surface area contributed by atoms with Crippen LogP contribution in [-0.2, 0) is 6.54 Å². The molecule has 0 aliphatic heterocycles. The average Bonchev–Trinajstić information content (AvgIpc) is 3.10. The first-order valence-corrected chi connectivity index (χ1v) is 9.81. The number of phenols is 1. The summed E-state index contributed by atoms with van der Waals surface area (Å²) in [6.07, 6.45) is 2.71. The number of nitro groups is 1. The number of carbonyl (C=O) groups is 1. The van der Waals surface area contributed by atoms with E-state index < -0.39 is 10.8 Å². The maximum atomic E-state index is 12.4. The van der Waals surface area contributed by atoms with Crippen molar-refractivity contribution in [1.82, 2.24) is 15.2 Å². The standard InChI is InChI=1S/C19H15BrClN5O5/c1-31-16-7-14(26(29)30)6-12(18(16)27)8-22-23-19(28)17-15(20)10-25(24-17)9-11-2-4-13(21)5-3-11/h2-8,10,27H,9H2,1H3,(H,23,28)/b22-8+. The molecule has 1 amide bonds. The molecule has 1 heterocycles. The molecule has 0 aliphatic rings. The molecule has 2 N–H and O–H groups in total. The molecule has 0 unspecified atom stereocenters. The molecular formula is C19H15BrClN5O5. The van der Waals surface area contributed by atoms with E-state index in [1.807, 2.05) is 12.1 Å². The summed E-state index contributed by atoms with van der Waals surface area (Å²) in [7, 11) is 1.26. The number of phenolic OH excluding ortho intramolecular Hbond substituents is 1. The molecular weight excluding hydrogens is 494 g/mol. The van der Waals surface area contributed by atoms with Crippen LogP contribution in [0.25, 0.3) is 0 Å². The fourth-order valence-electron chi connectivity index (χ4n) is 2.60. The van der Waals surface area contributed by atoms with Crippen LogP contribution in [0, 0.1) is 10.1 Å². The van der Waals surface area contributed by atoms with E-state index in [0.29, 0.717) is 16.0 Å². The number of ether oxygens (including phenoxy) is 1. The van der Waals surface area contributed by atoms with Crippen LogP contribution >= 0.6 is 27.5 Å². The number of aromatic nitrogens is 2. The lowest BCUT2D eigenvalue weighted by Gasteiger charge is -2.05. The molecule has 0 fully saturated rings. The second-order valence-electron chi connectivity index (χ2n) is 6.19. The highest BCUT2D eigenvalue weighted by Gasteiger charge is 2.17. The van der Waals surface area contributed by atoms with Gasteiger partial charge in [-0.3, -0.25) is 19.6 Å². The summed E-state index contributed by atoms with van der Waals surface area (Å²) in [5, 5.41) is 29.7. The molecule has 12 heteroatoms. The molecule has 1 aromatic heterocycles. The maximum absolute atomic E-state index is 12.4. The maximum Gasteiger partial charge on any atom is 0.293 e. The summed E-state index contributed by atoms with van der Waals surface area (Å²) in [6, 6.07) is 9.40. The molecule has 0 saturated heterocycles. The summed E-state index contributed by atoms with van der Waals surface area (Å²) in [6.45, 7) is 0.424. The predicted octanol–water partition coefficient (Wildman–Crippen LogP) is 3.73. The van der Waals surface area contributed by atoms with Crippen molar-refractivity contribution in [2.45, 2.75) is 6.54 Å². The number of carbonyl (C=O) groups excluding carboxylic acids is 1. The minimum atomic E-state index is -0.637. The molecule has 3 rings (SSSR count). The Labute approximate surface area is 189 Å². The second kappa shape index (κ2) is 9.58. The van der Waals surface area contributed by atoms with Gasteiger partial charge in [-0.05, 0) is 33.6 Å². The number of aromatic hydroxyl groups is 1. The normalized spacial score (nSPS) is 10.9. The number of nitrogens with zero attached hydrogens (tertiary/aromatic N) is 4. The van der Waals surface area contributed by atoms with Gasteiger partial charge in [0.15, 0.2) is 17.2 Å². The fraction of sp³-hybridized carbons (Fsp3) is 0.105. The Bertz CT molecular complexity index is 1160. The molecule has 0 saturated carbocycles. The SMILES string of the molecule is COc1cc([N+](=O)[O-])cc(/C=N/NC(=O)c2nn(Cc3ccc(Cl)cc3)cc2Br)c1O. The lowest BCUT2D eigenvalue weighted by atomic mass is 10.2. The second-order valence-corrected chi connectivity index (χ2v) is 7.48. The van der Waals surface area contributed by atoms with Gasteiger partial charge in [-0.2, -0.15) is 10.2 Å². The highest BCUT2D eigenvalue weighted by atomic mass is 79.9. The summed E-state index contributed by atoms with van der Waals surface area (Å²) in [5.41, 5.74) is 3.00. The van der Waals surface area contributed by atoms with Crippen LogP contribution in [0.1, 0.15) is 21.6 Å². The number of hydrogen-bond acceptors (Lipinski definition) is 7. The van der Waals surface area contributed by atoms with Crippen molar-refractivity contribution in [3.63, 3.8) is 0 Å². The number of methoxy groups -OCH3 is 1. The number of nitrogens with one attached hydrogen (secondary N) is 1. The molecule has 160 valence electrons. The van der Waals surface area contributed by atoms with Crippen molar-refractivity contribution in [1.29, 1.82) is 0 Å². The van der Waals surface area contributed by atoms with Gasteiger partial charge in [0.25, 0.3) is 11.6 Å². The first kappa shape index (κ1) is 22.2. The Morgan fingerprint density at radius 2 is 2.13 bits per heavy atom. The monoisotopic (exact) mass is 507 g/mol. The Morgan fingerprint density at radius 1 is 1.42 bits per heavy atom. The number of benzene rings is 2. The molecule has 3 aromatic rings. The number of amides is 1. The van der Waals surface area contributed by atoms with E-state index in [1.54, 1.807) is 23.0 Å². The molecule has 10 nitrogen and oxygen atoms in total. The van der Waals surface area contributed by atoms with Crippen LogP contribution in [0.5, 0.6) is 11.5 Å². The number of halogens is 2. The van der Waals surface area contributed by atoms with E-state index in [4.69, 9.17) is 16.3 Å². The highest BCUT2D eigenvalue weighted by Crippen LogP contribution is 2.33. The van der Waals surface area contributed by atoms with Gasteiger partial charge < -0.3 is 9.84 Å². The summed E-state index contributed by atoms with van der Waals surface area (Å²) in [5.74, 6) is -1.06. The Kier molecular flexibility index (Phi) is 6.88. The van der Waals surface area contributed by atoms with Gasteiger partial charge in [0.1, 0.15) is 0 Å². The third kappa shape index (κ3) is 5.38.